The number of aliphatic hydroxyl groups is 1. The second kappa shape index (κ2) is 14.1. The van der Waals surface area contributed by atoms with Crippen LogP contribution in [0.2, 0.25) is 0 Å². The molecule has 1 fully saturated rings. The van der Waals surface area contributed by atoms with Gasteiger partial charge in [-0.15, -0.1) is 10.2 Å². The topological polar surface area (TPSA) is 103 Å². The molecule has 49 heavy (non-hydrogen) atoms. The van der Waals surface area contributed by atoms with E-state index in [-0.39, 0.29) is 6.61 Å². The average molecular weight is 652 g/mol. The SMILES string of the molecule is Cc1c(-c2ccc(CNCCO)cc2)cccc1-c1cccc(-c2ccn3c(-c4ccc(CN5CCC[C@H]5C(=O)O)cc4)nnc3c2)c1C. The fraction of sp³-hybridized carbons (Fsp3) is 0.244. The Bertz CT molecular complexity index is 2100. The van der Waals surface area contributed by atoms with E-state index in [9.17, 15) is 9.90 Å². The van der Waals surface area contributed by atoms with Gasteiger partial charge in [0, 0.05) is 31.4 Å². The lowest BCUT2D eigenvalue weighted by molar-refractivity contribution is -0.142. The Balaban J connectivity index is 1.13. The molecule has 8 nitrogen and oxygen atoms in total. The first kappa shape index (κ1) is 32.4. The van der Waals surface area contributed by atoms with Gasteiger partial charge < -0.3 is 15.5 Å². The summed E-state index contributed by atoms with van der Waals surface area (Å²) in [5.41, 5.74) is 13.5. The molecule has 0 amide bonds. The highest BCUT2D eigenvalue weighted by Gasteiger charge is 2.30. The molecule has 7 rings (SSSR count). The van der Waals surface area contributed by atoms with Crippen molar-refractivity contribution < 1.29 is 15.0 Å². The second-order valence-corrected chi connectivity index (χ2v) is 12.9. The van der Waals surface area contributed by atoms with Crippen molar-refractivity contribution in [1.82, 2.24) is 24.8 Å². The summed E-state index contributed by atoms with van der Waals surface area (Å²) in [4.78, 5) is 13.6. The van der Waals surface area contributed by atoms with Crippen LogP contribution in [0.25, 0.3) is 50.4 Å². The smallest absolute Gasteiger partial charge is 0.320 e. The number of aliphatic carboxylic acids is 1. The third-order valence-electron chi connectivity index (χ3n) is 9.81. The summed E-state index contributed by atoms with van der Waals surface area (Å²) < 4.78 is 2.01. The zero-order chi connectivity index (χ0) is 33.9. The van der Waals surface area contributed by atoms with Crippen LogP contribution < -0.4 is 5.32 Å². The lowest BCUT2D eigenvalue weighted by atomic mass is 9.88. The van der Waals surface area contributed by atoms with Gasteiger partial charge in [0.25, 0.3) is 0 Å². The molecule has 1 aliphatic rings. The molecular formula is C41H41N5O3. The van der Waals surface area contributed by atoms with Crippen LogP contribution in [0.3, 0.4) is 0 Å². The number of aromatic nitrogens is 3. The number of hydrogen-bond donors (Lipinski definition) is 3. The fourth-order valence-electron chi connectivity index (χ4n) is 7.14. The van der Waals surface area contributed by atoms with E-state index in [2.05, 4.69) is 114 Å². The van der Waals surface area contributed by atoms with Crippen molar-refractivity contribution in [3.05, 3.63) is 126 Å². The van der Waals surface area contributed by atoms with Crippen molar-refractivity contribution in [3.8, 4) is 44.8 Å². The van der Waals surface area contributed by atoms with Crippen molar-refractivity contribution >= 4 is 11.6 Å². The molecule has 1 saturated heterocycles. The maximum atomic E-state index is 11.6. The van der Waals surface area contributed by atoms with E-state index < -0.39 is 12.0 Å². The van der Waals surface area contributed by atoms with E-state index in [1.165, 1.54) is 38.9 Å². The molecule has 3 N–H and O–H groups in total. The summed E-state index contributed by atoms with van der Waals surface area (Å²) in [6.45, 7) is 7.28. The Hall–Kier alpha value is -5.15. The first-order chi connectivity index (χ1) is 23.9. The number of aliphatic hydroxyl groups excluding tert-OH is 1. The summed E-state index contributed by atoms with van der Waals surface area (Å²) in [7, 11) is 0. The molecule has 6 aromatic rings. The molecule has 0 aliphatic carbocycles. The maximum absolute atomic E-state index is 11.6. The average Bonchev–Trinajstić information content (AvgIpc) is 3.77. The van der Waals surface area contributed by atoms with Gasteiger partial charge in [0.05, 0.1) is 6.61 Å². The van der Waals surface area contributed by atoms with Crippen LogP contribution in [0.15, 0.2) is 103 Å². The molecule has 1 aliphatic heterocycles. The van der Waals surface area contributed by atoms with Crippen LogP contribution in [0.1, 0.15) is 35.1 Å². The minimum absolute atomic E-state index is 0.135. The second-order valence-electron chi connectivity index (χ2n) is 12.9. The van der Waals surface area contributed by atoms with Crippen LogP contribution in [0.5, 0.6) is 0 Å². The van der Waals surface area contributed by atoms with Gasteiger partial charge in [0.1, 0.15) is 6.04 Å². The highest BCUT2D eigenvalue weighted by atomic mass is 16.4. The van der Waals surface area contributed by atoms with Crippen LogP contribution in [-0.2, 0) is 17.9 Å². The third kappa shape index (κ3) is 6.63. The number of carboxylic acids is 1. The minimum atomic E-state index is -0.739. The van der Waals surface area contributed by atoms with Crippen molar-refractivity contribution in [2.45, 2.75) is 45.8 Å². The minimum Gasteiger partial charge on any atom is -0.480 e. The number of rotatable bonds is 11. The summed E-state index contributed by atoms with van der Waals surface area (Å²) in [5.74, 6) is 0.0295. The normalized spacial score (nSPS) is 14.9. The van der Waals surface area contributed by atoms with Gasteiger partial charge in [0.15, 0.2) is 11.5 Å². The van der Waals surface area contributed by atoms with Crippen molar-refractivity contribution in [2.75, 3.05) is 19.7 Å². The first-order valence-electron chi connectivity index (χ1n) is 16.9. The number of pyridine rings is 1. The summed E-state index contributed by atoms with van der Waals surface area (Å²) in [6.07, 6.45) is 3.66. The Morgan fingerprint density at radius 3 is 2.10 bits per heavy atom. The molecule has 4 aromatic carbocycles. The molecular weight excluding hydrogens is 610 g/mol. The van der Waals surface area contributed by atoms with Gasteiger partial charge in [-0.1, -0.05) is 84.9 Å². The standard InChI is InChI=1S/C41H41N5O3/c1-27-34(31-15-11-29(12-16-31)25-42-20-23-47)6-3-8-36(27)37-9-4-7-35(28(37)2)33-19-22-46-39(24-33)43-44-40(46)32-17-13-30(14-18-32)26-45-21-5-10-38(45)41(48)49/h3-4,6-9,11-19,22,24,38,42,47H,5,10,20-21,23,25-26H2,1-2H3,(H,48,49)/t38-/m0/s1. The molecule has 1 atom stereocenters. The van der Waals surface area contributed by atoms with Crippen molar-refractivity contribution in [2.24, 2.45) is 0 Å². The Morgan fingerprint density at radius 1 is 0.796 bits per heavy atom. The lowest BCUT2D eigenvalue weighted by Gasteiger charge is -2.21. The van der Waals surface area contributed by atoms with Crippen molar-refractivity contribution in [3.63, 3.8) is 0 Å². The molecule has 2 aromatic heterocycles. The van der Waals surface area contributed by atoms with Gasteiger partial charge in [-0.05, 0) is 101 Å². The molecule has 0 bridgehead atoms. The van der Waals surface area contributed by atoms with Crippen molar-refractivity contribution in [1.29, 1.82) is 0 Å². The molecule has 0 radical (unpaired) electrons. The predicted molar refractivity (Wildman–Crippen MR) is 194 cm³/mol. The number of hydrogen-bond acceptors (Lipinski definition) is 6. The zero-order valence-electron chi connectivity index (χ0n) is 27.9. The maximum Gasteiger partial charge on any atom is 0.320 e. The predicted octanol–water partition coefficient (Wildman–Crippen LogP) is 7.15. The van der Waals surface area contributed by atoms with Crippen LogP contribution >= 0.6 is 0 Å². The van der Waals surface area contributed by atoms with Crippen LogP contribution in [0.4, 0.5) is 0 Å². The number of carbonyl (C=O) groups is 1. The fourth-order valence-corrected chi connectivity index (χ4v) is 7.14. The van der Waals surface area contributed by atoms with Gasteiger partial charge in [0.2, 0.25) is 0 Å². The number of fused-ring (bicyclic) bond motifs is 1. The summed E-state index contributed by atoms with van der Waals surface area (Å²) in [6, 6.07) is 33.7. The summed E-state index contributed by atoms with van der Waals surface area (Å²) >= 11 is 0. The van der Waals surface area contributed by atoms with E-state index in [4.69, 9.17) is 5.11 Å². The third-order valence-corrected chi connectivity index (χ3v) is 9.81. The zero-order valence-corrected chi connectivity index (χ0v) is 27.9. The Labute approximate surface area is 286 Å². The molecule has 0 spiro atoms. The molecule has 3 heterocycles. The molecule has 0 unspecified atom stereocenters. The lowest BCUT2D eigenvalue weighted by Crippen LogP contribution is -2.35. The van der Waals surface area contributed by atoms with E-state index in [1.54, 1.807) is 0 Å². The van der Waals surface area contributed by atoms with E-state index in [0.29, 0.717) is 19.5 Å². The number of benzene rings is 4. The van der Waals surface area contributed by atoms with Gasteiger partial charge in [-0.25, -0.2) is 0 Å². The van der Waals surface area contributed by atoms with Gasteiger partial charge in [-0.3, -0.25) is 14.1 Å². The molecule has 8 heteroatoms. The number of likely N-dealkylation sites (tertiary alicyclic amines) is 1. The van der Waals surface area contributed by atoms with Gasteiger partial charge in [-0.2, -0.15) is 0 Å². The first-order valence-corrected chi connectivity index (χ1v) is 16.9. The summed E-state index contributed by atoms with van der Waals surface area (Å²) in [5, 5.41) is 30.9. The monoisotopic (exact) mass is 651 g/mol. The van der Waals surface area contributed by atoms with E-state index in [0.717, 1.165) is 53.2 Å². The molecule has 248 valence electrons. The highest BCUT2D eigenvalue weighted by Crippen LogP contribution is 2.37. The van der Waals surface area contributed by atoms with Gasteiger partial charge >= 0.3 is 5.97 Å². The van der Waals surface area contributed by atoms with E-state index >= 15 is 0 Å². The molecule has 0 saturated carbocycles. The Morgan fingerprint density at radius 2 is 1.43 bits per heavy atom. The highest BCUT2D eigenvalue weighted by molar-refractivity contribution is 5.84. The van der Waals surface area contributed by atoms with E-state index in [1.807, 2.05) is 27.6 Å². The quantitative estimate of drug-likeness (QED) is 0.128. The Kier molecular flexibility index (Phi) is 9.35. The van der Waals surface area contributed by atoms with Crippen LogP contribution in [0, 0.1) is 13.8 Å². The largest absolute Gasteiger partial charge is 0.480 e. The van der Waals surface area contributed by atoms with Crippen LogP contribution in [-0.4, -0.2) is 61.4 Å². The number of nitrogens with zero attached hydrogens (tertiary/aromatic N) is 4. The number of nitrogens with one attached hydrogen (secondary N) is 1. The number of carboxylic acid groups (broad SMARTS) is 1.